The Labute approximate surface area is 130 Å². The number of ether oxygens (including phenoxy) is 2. The van der Waals surface area contributed by atoms with E-state index < -0.39 is 15.9 Å². The van der Waals surface area contributed by atoms with Crippen LogP contribution in [0.3, 0.4) is 0 Å². The zero-order valence-electron chi connectivity index (χ0n) is 13.7. The van der Waals surface area contributed by atoms with E-state index in [1.54, 1.807) is 12.1 Å². The molecule has 6 heteroatoms. The van der Waals surface area contributed by atoms with Crippen LogP contribution in [0, 0.1) is 15.5 Å². The van der Waals surface area contributed by atoms with Crippen LogP contribution in [-0.4, -0.2) is 23.1 Å². The van der Waals surface area contributed by atoms with Crippen LogP contribution < -0.4 is 4.74 Å². The van der Waals surface area contributed by atoms with Crippen molar-refractivity contribution in [2.24, 2.45) is 5.41 Å². The molecule has 0 heterocycles. The van der Waals surface area contributed by atoms with E-state index in [-0.39, 0.29) is 18.1 Å². The normalized spacial score (nSPS) is 11.9. The van der Waals surface area contributed by atoms with E-state index in [2.05, 4.69) is 0 Å². The van der Waals surface area contributed by atoms with Gasteiger partial charge in [-0.15, -0.1) is 0 Å². The molecule has 0 bridgehead atoms. The highest BCUT2D eigenvalue weighted by molar-refractivity contribution is 5.70. The second-order valence-electron chi connectivity index (χ2n) is 6.97. The Balaban J connectivity index is 2.54. The first kappa shape index (κ1) is 17.9. The lowest BCUT2D eigenvalue weighted by Crippen LogP contribution is -2.30. The molecule has 0 radical (unpaired) electrons. The number of benzene rings is 1. The first-order valence-electron chi connectivity index (χ1n) is 7.08. The summed E-state index contributed by atoms with van der Waals surface area (Å²) >= 11 is 0. The first-order valence-corrected chi connectivity index (χ1v) is 7.08. The van der Waals surface area contributed by atoms with E-state index in [1.807, 2.05) is 34.6 Å². The maximum absolute atomic E-state index is 11.9. The van der Waals surface area contributed by atoms with Crippen LogP contribution in [0.15, 0.2) is 24.3 Å². The summed E-state index contributed by atoms with van der Waals surface area (Å²) in [6.07, 6.45) is 0.233. The molecule has 22 heavy (non-hydrogen) atoms. The number of carbonyl (C=O) groups is 1. The Morgan fingerprint density at radius 2 is 1.68 bits per heavy atom. The predicted octanol–water partition coefficient (Wildman–Crippen LogP) is 3.73. The molecule has 0 atom stereocenters. The van der Waals surface area contributed by atoms with Crippen LogP contribution in [0.1, 0.15) is 41.0 Å². The van der Waals surface area contributed by atoms with Gasteiger partial charge < -0.3 is 9.47 Å². The number of nitrogens with zero attached hydrogens (tertiary/aromatic N) is 1. The van der Waals surface area contributed by atoms with Crippen molar-refractivity contribution in [2.45, 2.75) is 46.6 Å². The van der Waals surface area contributed by atoms with Crippen molar-refractivity contribution in [3.05, 3.63) is 34.4 Å². The van der Waals surface area contributed by atoms with Gasteiger partial charge in [0, 0.05) is 17.5 Å². The molecule has 1 aromatic carbocycles. The third-order valence-corrected chi connectivity index (χ3v) is 2.72. The fraction of sp³-hybridized carbons (Fsp3) is 0.562. The molecule has 1 aromatic rings. The quantitative estimate of drug-likeness (QED) is 0.454. The van der Waals surface area contributed by atoms with Crippen LogP contribution in [-0.2, 0) is 9.53 Å². The molecule has 0 unspecified atom stereocenters. The smallest absolute Gasteiger partial charge is 0.306 e. The van der Waals surface area contributed by atoms with Crippen molar-refractivity contribution in [1.29, 1.82) is 0 Å². The zero-order chi connectivity index (χ0) is 17.0. The zero-order valence-corrected chi connectivity index (χ0v) is 13.7. The van der Waals surface area contributed by atoms with Crippen molar-refractivity contribution in [3.63, 3.8) is 0 Å². The summed E-state index contributed by atoms with van der Waals surface area (Å²) < 4.78 is 10.9. The first-order chi connectivity index (χ1) is 9.98. The minimum absolute atomic E-state index is 0.0142. The van der Waals surface area contributed by atoms with Gasteiger partial charge in [0.25, 0.3) is 5.69 Å². The molecular formula is C16H23NO5. The second kappa shape index (κ2) is 6.77. The molecule has 122 valence electrons. The Morgan fingerprint density at radius 1 is 1.14 bits per heavy atom. The molecule has 0 N–H and O–H groups in total. The van der Waals surface area contributed by atoms with Gasteiger partial charge in [-0.2, -0.15) is 0 Å². The number of nitro benzene ring substituents is 1. The number of esters is 1. The largest absolute Gasteiger partial charge is 0.493 e. The molecule has 1 rings (SSSR count). The molecule has 0 aromatic heterocycles. The summed E-state index contributed by atoms with van der Waals surface area (Å²) in [6.45, 7) is 9.59. The van der Waals surface area contributed by atoms with Crippen molar-refractivity contribution in [1.82, 2.24) is 0 Å². The minimum Gasteiger partial charge on any atom is -0.493 e. The third kappa shape index (κ3) is 6.56. The molecule has 0 aliphatic heterocycles. The summed E-state index contributed by atoms with van der Waals surface area (Å²) in [5.41, 5.74) is -0.892. The molecule has 0 aliphatic carbocycles. The maximum Gasteiger partial charge on any atom is 0.306 e. The molecule has 0 amide bonds. The van der Waals surface area contributed by atoms with E-state index in [9.17, 15) is 14.9 Å². The van der Waals surface area contributed by atoms with Crippen LogP contribution in [0.5, 0.6) is 5.75 Å². The molecular weight excluding hydrogens is 286 g/mol. The summed E-state index contributed by atoms with van der Waals surface area (Å²) in [4.78, 5) is 22.0. The Bertz CT molecular complexity index is 528. The van der Waals surface area contributed by atoms with E-state index in [0.29, 0.717) is 12.4 Å². The molecule has 0 saturated heterocycles. The Morgan fingerprint density at radius 3 is 2.14 bits per heavy atom. The average Bonchev–Trinajstić information content (AvgIpc) is 2.33. The van der Waals surface area contributed by atoms with Gasteiger partial charge in [-0.3, -0.25) is 14.9 Å². The Kier molecular flexibility index (Phi) is 5.52. The lowest BCUT2D eigenvalue weighted by atomic mass is 9.90. The summed E-state index contributed by atoms with van der Waals surface area (Å²) in [5, 5.41) is 10.6. The van der Waals surface area contributed by atoms with Crippen LogP contribution in [0.2, 0.25) is 0 Å². The maximum atomic E-state index is 11.9. The Hall–Kier alpha value is -2.11. The molecule has 6 nitrogen and oxygen atoms in total. The highest BCUT2D eigenvalue weighted by Crippen LogP contribution is 2.25. The van der Waals surface area contributed by atoms with Gasteiger partial charge in [0.2, 0.25) is 0 Å². The van der Waals surface area contributed by atoms with Gasteiger partial charge in [-0.25, -0.2) is 0 Å². The van der Waals surface area contributed by atoms with Crippen molar-refractivity contribution >= 4 is 11.7 Å². The van der Waals surface area contributed by atoms with Gasteiger partial charge in [-0.1, -0.05) is 13.8 Å². The van der Waals surface area contributed by atoms with E-state index >= 15 is 0 Å². The summed E-state index contributed by atoms with van der Waals surface area (Å²) in [7, 11) is 0. The number of carbonyl (C=O) groups excluding carboxylic acids is 1. The van der Waals surface area contributed by atoms with E-state index in [4.69, 9.17) is 9.47 Å². The van der Waals surface area contributed by atoms with Crippen molar-refractivity contribution in [2.75, 3.05) is 6.61 Å². The highest BCUT2D eigenvalue weighted by atomic mass is 16.6. The highest BCUT2D eigenvalue weighted by Gasteiger charge is 2.26. The number of rotatable bonds is 6. The van der Waals surface area contributed by atoms with Gasteiger partial charge in [-0.05, 0) is 32.9 Å². The molecule has 0 fully saturated rings. The minimum atomic E-state index is -0.508. The van der Waals surface area contributed by atoms with Crippen LogP contribution >= 0.6 is 0 Å². The SMILES string of the molecule is CC(C)(COc1ccc([N+](=O)[O-])cc1)CC(=O)OC(C)(C)C. The van der Waals surface area contributed by atoms with E-state index in [0.717, 1.165) is 0 Å². The van der Waals surface area contributed by atoms with Gasteiger partial charge >= 0.3 is 5.97 Å². The van der Waals surface area contributed by atoms with Gasteiger partial charge in [0.15, 0.2) is 0 Å². The van der Waals surface area contributed by atoms with Crippen LogP contribution in [0.4, 0.5) is 5.69 Å². The van der Waals surface area contributed by atoms with Crippen LogP contribution in [0.25, 0.3) is 0 Å². The van der Waals surface area contributed by atoms with Crippen molar-refractivity contribution in [3.8, 4) is 5.75 Å². The summed E-state index contributed by atoms with van der Waals surface area (Å²) in [5.74, 6) is 0.257. The standard InChI is InChI=1S/C16H23NO5/c1-15(2,3)22-14(18)10-16(4,5)11-21-13-8-6-12(7-9-13)17(19)20/h6-9H,10-11H2,1-5H3. The van der Waals surface area contributed by atoms with Gasteiger partial charge in [0.1, 0.15) is 11.4 Å². The fourth-order valence-electron chi connectivity index (χ4n) is 1.76. The summed E-state index contributed by atoms with van der Waals surface area (Å²) in [6, 6.07) is 5.86. The lowest BCUT2D eigenvalue weighted by molar-refractivity contribution is -0.384. The number of non-ortho nitro benzene ring substituents is 1. The fourth-order valence-corrected chi connectivity index (χ4v) is 1.76. The molecule has 0 spiro atoms. The lowest BCUT2D eigenvalue weighted by Gasteiger charge is -2.26. The monoisotopic (exact) mass is 309 g/mol. The number of hydrogen-bond acceptors (Lipinski definition) is 5. The third-order valence-electron chi connectivity index (χ3n) is 2.72. The topological polar surface area (TPSA) is 78.7 Å². The molecule has 0 aliphatic rings. The van der Waals surface area contributed by atoms with Crippen molar-refractivity contribution < 1.29 is 19.2 Å². The van der Waals surface area contributed by atoms with Gasteiger partial charge in [0.05, 0.1) is 18.0 Å². The predicted molar refractivity (Wildman–Crippen MR) is 82.8 cm³/mol. The number of nitro groups is 1. The average molecular weight is 309 g/mol. The second-order valence-corrected chi connectivity index (χ2v) is 6.97. The number of hydrogen-bond donors (Lipinski definition) is 0. The van der Waals surface area contributed by atoms with E-state index in [1.165, 1.54) is 12.1 Å². The molecule has 0 saturated carbocycles.